The molecule has 2 aromatic heterocycles. The van der Waals surface area contributed by atoms with E-state index in [4.69, 9.17) is 0 Å². The third-order valence-corrected chi connectivity index (χ3v) is 6.05. The smallest absolute Gasteiger partial charge is 0.130 e. The van der Waals surface area contributed by atoms with Gasteiger partial charge < -0.3 is 15.0 Å². The predicted molar refractivity (Wildman–Crippen MR) is 124 cm³/mol. The van der Waals surface area contributed by atoms with Gasteiger partial charge >= 0.3 is 0 Å². The number of aromatic nitrogens is 3. The number of nitrogens with zero attached hydrogens (tertiary/aromatic N) is 4. The first-order valence-corrected chi connectivity index (χ1v) is 10.7. The van der Waals surface area contributed by atoms with Crippen LogP contribution >= 0.6 is 0 Å². The fraction of sp³-hybridized carbons (Fsp3) is 0.280. The molecule has 0 fully saturated rings. The Bertz CT molecular complexity index is 1200. The zero-order chi connectivity index (χ0) is 21.2. The number of nitrogens with one attached hydrogen (secondary N) is 1. The van der Waals surface area contributed by atoms with Crippen LogP contribution in [0.4, 0.5) is 5.82 Å². The van der Waals surface area contributed by atoms with Crippen molar-refractivity contribution in [2.45, 2.75) is 19.1 Å². The molecule has 4 aromatic rings. The number of aliphatic hydroxyl groups is 1. The molecule has 0 saturated carbocycles. The molecular weight excluding hydrogens is 386 g/mol. The van der Waals surface area contributed by atoms with Crippen LogP contribution in [0, 0.1) is 0 Å². The van der Waals surface area contributed by atoms with Gasteiger partial charge in [-0.15, -0.1) is 0 Å². The Labute approximate surface area is 182 Å². The Morgan fingerprint density at radius 3 is 2.84 bits per heavy atom. The molecule has 0 aliphatic carbocycles. The molecular formula is C25H27N5O. The Balaban J connectivity index is 1.21. The minimum Gasteiger partial charge on any atom is -0.390 e. The summed E-state index contributed by atoms with van der Waals surface area (Å²) in [6.45, 7) is 2.97. The van der Waals surface area contributed by atoms with Gasteiger partial charge in [-0.05, 0) is 35.1 Å². The molecule has 0 radical (unpaired) electrons. The second-order valence-electron chi connectivity index (χ2n) is 8.28. The average molecular weight is 414 g/mol. The molecule has 5 rings (SSSR count). The Hall–Kier alpha value is -3.22. The van der Waals surface area contributed by atoms with Crippen molar-refractivity contribution in [1.29, 1.82) is 0 Å². The molecule has 0 spiro atoms. The van der Waals surface area contributed by atoms with E-state index in [-0.39, 0.29) is 0 Å². The summed E-state index contributed by atoms with van der Waals surface area (Å²) in [5.41, 5.74) is 5.87. The third kappa shape index (κ3) is 4.31. The topological polar surface area (TPSA) is 66.2 Å². The van der Waals surface area contributed by atoms with Crippen molar-refractivity contribution in [1.82, 2.24) is 19.4 Å². The quantitative estimate of drug-likeness (QED) is 0.507. The van der Waals surface area contributed by atoms with Crippen LogP contribution in [0.5, 0.6) is 0 Å². The van der Waals surface area contributed by atoms with Crippen molar-refractivity contribution >= 4 is 16.7 Å². The van der Waals surface area contributed by atoms with Crippen molar-refractivity contribution in [3.63, 3.8) is 0 Å². The van der Waals surface area contributed by atoms with Crippen LogP contribution in [0.25, 0.3) is 22.2 Å². The molecule has 6 heteroatoms. The molecule has 1 atom stereocenters. The fourth-order valence-corrected chi connectivity index (χ4v) is 4.33. The number of hydrogen-bond donors (Lipinski definition) is 2. The van der Waals surface area contributed by atoms with E-state index in [0.717, 1.165) is 36.6 Å². The van der Waals surface area contributed by atoms with Gasteiger partial charge in [-0.1, -0.05) is 36.4 Å². The predicted octanol–water partition coefficient (Wildman–Crippen LogP) is 3.47. The summed E-state index contributed by atoms with van der Waals surface area (Å²) < 4.78 is 2.11. The lowest BCUT2D eigenvalue weighted by Gasteiger charge is -2.30. The minimum atomic E-state index is -0.469. The van der Waals surface area contributed by atoms with Gasteiger partial charge in [0.1, 0.15) is 12.1 Å². The van der Waals surface area contributed by atoms with E-state index >= 15 is 0 Å². The SMILES string of the molecule is Cn1ccc2ccc(-c3cc(NCC(O)CN4CCc5ccccc5C4)ncn3)cc21. The van der Waals surface area contributed by atoms with Crippen LogP contribution in [-0.4, -0.2) is 50.3 Å². The van der Waals surface area contributed by atoms with Crippen molar-refractivity contribution in [2.24, 2.45) is 7.05 Å². The number of rotatable bonds is 6. The molecule has 158 valence electrons. The number of benzene rings is 2. The van der Waals surface area contributed by atoms with Crippen LogP contribution in [0.15, 0.2) is 67.1 Å². The van der Waals surface area contributed by atoms with Crippen molar-refractivity contribution < 1.29 is 5.11 Å². The monoisotopic (exact) mass is 413 g/mol. The standard InChI is InChI=1S/C25H27N5O/c1-29-10-8-19-6-7-20(12-24(19)29)23-13-25(28-17-27-23)26-14-22(31)16-30-11-9-18-4-2-3-5-21(18)15-30/h2-8,10,12-13,17,22,31H,9,11,14-16H2,1H3,(H,26,27,28). The second-order valence-corrected chi connectivity index (χ2v) is 8.28. The molecule has 2 aromatic carbocycles. The summed E-state index contributed by atoms with van der Waals surface area (Å²) >= 11 is 0. The van der Waals surface area contributed by atoms with E-state index in [1.54, 1.807) is 6.33 Å². The van der Waals surface area contributed by atoms with Gasteiger partial charge in [-0.25, -0.2) is 9.97 Å². The fourth-order valence-electron chi connectivity index (χ4n) is 4.33. The maximum absolute atomic E-state index is 10.6. The summed E-state index contributed by atoms with van der Waals surface area (Å²) in [5, 5.41) is 15.1. The van der Waals surface area contributed by atoms with Crippen LogP contribution < -0.4 is 5.32 Å². The third-order valence-electron chi connectivity index (χ3n) is 6.05. The lowest BCUT2D eigenvalue weighted by atomic mass is 10.00. The van der Waals surface area contributed by atoms with E-state index in [1.807, 2.05) is 13.1 Å². The molecule has 6 nitrogen and oxygen atoms in total. The van der Waals surface area contributed by atoms with Gasteiger partial charge in [-0.2, -0.15) is 0 Å². The van der Waals surface area contributed by atoms with Gasteiger partial charge in [0.15, 0.2) is 0 Å². The molecule has 31 heavy (non-hydrogen) atoms. The molecule has 0 amide bonds. The van der Waals surface area contributed by atoms with E-state index < -0.39 is 6.10 Å². The Kier molecular flexibility index (Phi) is 5.40. The van der Waals surface area contributed by atoms with Crippen molar-refractivity contribution in [3.05, 3.63) is 78.2 Å². The number of aliphatic hydroxyl groups excluding tert-OH is 1. The van der Waals surface area contributed by atoms with E-state index in [1.165, 1.54) is 22.0 Å². The highest BCUT2D eigenvalue weighted by Crippen LogP contribution is 2.24. The molecule has 1 unspecified atom stereocenters. The summed E-state index contributed by atoms with van der Waals surface area (Å²) in [6, 6.07) is 18.9. The number of β-amino-alcohol motifs (C(OH)–C–C–N with tert-alkyl or cyclic N) is 1. The summed E-state index contributed by atoms with van der Waals surface area (Å²) in [5.74, 6) is 0.722. The first kappa shape index (κ1) is 19.7. The normalized spacial score (nSPS) is 15.0. The minimum absolute atomic E-state index is 0.450. The largest absolute Gasteiger partial charge is 0.390 e. The van der Waals surface area contributed by atoms with Gasteiger partial charge in [0.05, 0.1) is 11.8 Å². The highest BCUT2D eigenvalue weighted by Gasteiger charge is 2.18. The van der Waals surface area contributed by atoms with Crippen molar-refractivity contribution in [3.8, 4) is 11.3 Å². The molecule has 1 aliphatic heterocycles. The van der Waals surface area contributed by atoms with Gasteiger partial charge in [0, 0.05) is 56.6 Å². The van der Waals surface area contributed by atoms with Crippen LogP contribution in [0.2, 0.25) is 0 Å². The second kappa shape index (κ2) is 8.49. The average Bonchev–Trinajstić information content (AvgIpc) is 3.18. The zero-order valence-electron chi connectivity index (χ0n) is 17.7. The lowest BCUT2D eigenvalue weighted by molar-refractivity contribution is 0.114. The number of hydrogen-bond acceptors (Lipinski definition) is 5. The van der Waals surface area contributed by atoms with Crippen LogP contribution in [-0.2, 0) is 20.0 Å². The number of fused-ring (bicyclic) bond motifs is 2. The van der Waals surface area contributed by atoms with Crippen LogP contribution in [0.3, 0.4) is 0 Å². The number of aryl methyl sites for hydroxylation is 1. The molecule has 2 N–H and O–H groups in total. The highest BCUT2D eigenvalue weighted by molar-refractivity contribution is 5.85. The summed E-state index contributed by atoms with van der Waals surface area (Å²) in [4.78, 5) is 11.1. The summed E-state index contributed by atoms with van der Waals surface area (Å²) in [7, 11) is 2.04. The maximum atomic E-state index is 10.6. The van der Waals surface area contributed by atoms with Gasteiger partial charge in [0.25, 0.3) is 0 Å². The van der Waals surface area contributed by atoms with E-state index in [0.29, 0.717) is 13.1 Å². The lowest BCUT2D eigenvalue weighted by Crippen LogP contribution is -2.39. The highest BCUT2D eigenvalue weighted by atomic mass is 16.3. The van der Waals surface area contributed by atoms with E-state index in [2.05, 4.69) is 79.5 Å². The van der Waals surface area contributed by atoms with Crippen LogP contribution in [0.1, 0.15) is 11.1 Å². The van der Waals surface area contributed by atoms with Gasteiger partial charge in [0.2, 0.25) is 0 Å². The first-order valence-electron chi connectivity index (χ1n) is 10.7. The maximum Gasteiger partial charge on any atom is 0.130 e. The Morgan fingerprint density at radius 1 is 1.06 bits per heavy atom. The van der Waals surface area contributed by atoms with Gasteiger partial charge in [-0.3, -0.25) is 4.90 Å². The van der Waals surface area contributed by atoms with E-state index in [9.17, 15) is 5.11 Å². The zero-order valence-corrected chi connectivity index (χ0v) is 17.7. The molecule has 0 bridgehead atoms. The molecule has 0 saturated heterocycles. The Morgan fingerprint density at radius 2 is 1.94 bits per heavy atom. The molecule has 1 aliphatic rings. The molecule has 3 heterocycles. The summed E-state index contributed by atoms with van der Waals surface area (Å²) in [6.07, 6.45) is 4.20. The first-order chi connectivity index (χ1) is 15.2. The number of anilines is 1. The van der Waals surface area contributed by atoms with Crippen molar-refractivity contribution in [2.75, 3.05) is 25.0 Å².